The van der Waals surface area contributed by atoms with Gasteiger partial charge in [-0.15, -0.1) is 0 Å². The molecule has 274 valence electrons. The Morgan fingerprint density at radius 3 is 2.02 bits per heavy atom. The molecule has 2 amide bonds. The summed E-state index contributed by atoms with van der Waals surface area (Å²) < 4.78 is 17.5. The van der Waals surface area contributed by atoms with Crippen LogP contribution < -0.4 is 49.0 Å². The number of amides is 2. The van der Waals surface area contributed by atoms with Gasteiger partial charge in [-0.3, -0.25) is 26.0 Å². The molecule has 7 N–H and O–H groups in total. The third-order valence-corrected chi connectivity index (χ3v) is 8.10. The quantitative estimate of drug-likeness (QED) is 0.0312. The molecule has 0 spiro atoms. The van der Waals surface area contributed by atoms with Crippen LogP contribution in [0.25, 0.3) is 32.7 Å². The average molecular weight is 736 g/mol. The van der Waals surface area contributed by atoms with Crippen LogP contribution in [-0.2, 0) is 14.3 Å². The average Bonchev–Trinajstić information content (AvgIpc) is 3.16. The molecule has 0 aliphatic rings. The van der Waals surface area contributed by atoms with Crippen LogP contribution in [0, 0.1) is 0 Å². The second kappa shape index (κ2) is 19.3. The lowest BCUT2D eigenvalue weighted by Crippen LogP contribution is -3.00. The molecule has 0 fully saturated rings. The molecule has 0 bridgehead atoms. The molecule has 0 saturated heterocycles. The Bertz CT molecular complexity index is 2130. The molecule has 5 aromatic carbocycles. The monoisotopic (exact) mass is 735 g/mol. The number of hydrogen-bond donors (Lipinski definition) is 5. The number of guanidine groups is 1. The molecule has 1 atom stereocenters. The zero-order valence-corrected chi connectivity index (χ0v) is 29.9. The predicted octanol–water partition coefficient (Wildman–Crippen LogP) is 1.21. The summed E-state index contributed by atoms with van der Waals surface area (Å²) >= 11 is 0. The Kier molecular flexibility index (Phi) is 14.4. The normalized spacial score (nSPS) is 11.0. The SMILES string of the molecule is C=CCOC(=O)c1cccc(NC(=O)[C@@H](CCC[NH+]=C(N)N)NC(=O)COc2ccc3ccccc3c2-c2c(OCC=C)ccc3ccccc23)c1.[Cl-]. The summed E-state index contributed by atoms with van der Waals surface area (Å²) in [5, 5.41) is 9.47. The first-order valence-corrected chi connectivity index (χ1v) is 16.8. The fraction of sp³-hybridized carbons (Fsp3) is 0.171. The molecule has 0 heterocycles. The Morgan fingerprint density at radius 2 is 1.40 bits per heavy atom. The van der Waals surface area contributed by atoms with E-state index in [9.17, 15) is 14.4 Å². The zero-order chi connectivity index (χ0) is 36.9. The van der Waals surface area contributed by atoms with E-state index < -0.39 is 23.8 Å². The van der Waals surface area contributed by atoms with Gasteiger partial charge in [-0.25, -0.2) is 4.79 Å². The van der Waals surface area contributed by atoms with Crippen molar-refractivity contribution in [2.45, 2.75) is 18.9 Å². The largest absolute Gasteiger partial charge is 1.00 e. The lowest BCUT2D eigenvalue weighted by molar-refractivity contribution is -0.459. The van der Waals surface area contributed by atoms with E-state index in [1.807, 2.05) is 72.8 Å². The maximum absolute atomic E-state index is 13.5. The number of anilines is 1. The van der Waals surface area contributed by atoms with Gasteiger partial charge in [-0.2, -0.15) is 0 Å². The molecule has 0 saturated carbocycles. The van der Waals surface area contributed by atoms with Gasteiger partial charge < -0.3 is 37.3 Å². The fourth-order valence-electron chi connectivity index (χ4n) is 5.77. The molecule has 0 aliphatic heterocycles. The summed E-state index contributed by atoms with van der Waals surface area (Å²) in [7, 11) is 0. The summed E-state index contributed by atoms with van der Waals surface area (Å²) in [6.07, 6.45) is 3.85. The number of esters is 1. The molecular weight excluding hydrogens is 694 g/mol. The Morgan fingerprint density at radius 1 is 0.774 bits per heavy atom. The number of nitrogens with two attached hydrogens (primary N) is 2. The summed E-state index contributed by atoms with van der Waals surface area (Å²) in [6.45, 7) is 7.70. The van der Waals surface area contributed by atoms with Crippen LogP contribution in [0.15, 0.2) is 122 Å². The van der Waals surface area contributed by atoms with E-state index >= 15 is 0 Å². The Hall–Kier alpha value is -6.33. The number of rotatable bonds is 17. The highest BCUT2D eigenvalue weighted by Crippen LogP contribution is 2.45. The third-order valence-electron chi connectivity index (χ3n) is 8.10. The van der Waals surface area contributed by atoms with E-state index in [0.717, 1.165) is 32.7 Å². The van der Waals surface area contributed by atoms with E-state index in [4.69, 9.17) is 25.7 Å². The first-order valence-electron chi connectivity index (χ1n) is 16.8. The third kappa shape index (κ3) is 10.4. The predicted molar refractivity (Wildman–Crippen MR) is 204 cm³/mol. The van der Waals surface area contributed by atoms with Crippen LogP contribution in [0.4, 0.5) is 5.69 Å². The first-order chi connectivity index (χ1) is 25.3. The van der Waals surface area contributed by atoms with Gasteiger partial charge in [-0.05, 0) is 64.7 Å². The van der Waals surface area contributed by atoms with E-state index in [2.05, 4.69) is 28.8 Å². The van der Waals surface area contributed by atoms with Crippen molar-refractivity contribution in [2.24, 2.45) is 11.5 Å². The lowest BCUT2D eigenvalue weighted by atomic mass is 9.92. The summed E-state index contributed by atoms with van der Waals surface area (Å²) in [6, 6.07) is 29.0. The van der Waals surface area contributed by atoms with Crippen molar-refractivity contribution in [1.29, 1.82) is 0 Å². The van der Waals surface area contributed by atoms with Crippen molar-refractivity contribution in [1.82, 2.24) is 5.32 Å². The molecule has 11 nitrogen and oxygen atoms in total. The summed E-state index contributed by atoms with van der Waals surface area (Å²) in [5.41, 5.74) is 13.3. The molecule has 0 aromatic heterocycles. The zero-order valence-electron chi connectivity index (χ0n) is 29.1. The number of halogens is 1. The van der Waals surface area contributed by atoms with Gasteiger partial charge in [-0.1, -0.05) is 92.0 Å². The first kappa shape index (κ1) is 39.5. The number of nitrogens with one attached hydrogen (secondary N) is 3. The topological polar surface area (TPSA) is 169 Å². The molecular formula is C41H42ClN5O6. The second-order valence-electron chi connectivity index (χ2n) is 11.8. The van der Waals surface area contributed by atoms with Gasteiger partial charge in [0.05, 0.1) is 12.1 Å². The molecule has 0 radical (unpaired) electrons. The molecule has 12 heteroatoms. The van der Waals surface area contributed by atoms with Crippen LogP contribution >= 0.6 is 0 Å². The fourth-order valence-corrected chi connectivity index (χ4v) is 5.77. The van der Waals surface area contributed by atoms with Crippen LogP contribution in [0.5, 0.6) is 11.5 Å². The lowest BCUT2D eigenvalue weighted by Gasteiger charge is -2.21. The van der Waals surface area contributed by atoms with E-state index in [1.165, 1.54) is 12.1 Å². The maximum Gasteiger partial charge on any atom is 0.338 e. The van der Waals surface area contributed by atoms with Gasteiger partial charge in [0.2, 0.25) is 5.91 Å². The minimum atomic E-state index is -0.957. The number of fused-ring (bicyclic) bond motifs is 2. The summed E-state index contributed by atoms with van der Waals surface area (Å²) in [5.74, 6) is -0.401. The maximum atomic E-state index is 13.5. The highest BCUT2D eigenvalue weighted by molar-refractivity contribution is 6.10. The summed E-state index contributed by atoms with van der Waals surface area (Å²) in [4.78, 5) is 42.2. The number of benzene rings is 5. The second-order valence-corrected chi connectivity index (χ2v) is 11.8. The van der Waals surface area contributed by atoms with Crippen LogP contribution in [0.3, 0.4) is 0 Å². The van der Waals surface area contributed by atoms with Crippen LogP contribution in [-0.4, -0.2) is 56.2 Å². The van der Waals surface area contributed by atoms with E-state index in [1.54, 1.807) is 24.3 Å². The molecule has 0 aliphatic carbocycles. The Balaban J connectivity index is 0.00000627. The number of hydrogen-bond acceptors (Lipinski definition) is 6. The van der Waals surface area contributed by atoms with Gasteiger partial charge in [0, 0.05) is 16.8 Å². The van der Waals surface area contributed by atoms with Crippen molar-refractivity contribution in [3.63, 3.8) is 0 Å². The van der Waals surface area contributed by atoms with Gasteiger partial charge in [0.15, 0.2) is 6.61 Å². The number of ether oxygens (including phenoxy) is 3. The van der Waals surface area contributed by atoms with Crippen molar-refractivity contribution < 1.29 is 46.0 Å². The van der Waals surface area contributed by atoms with Crippen molar-refractivity contribution in [3.8, 4) is 22.6 Å². The number of carbonyl (C=O) groups is 3. The number of carbonyl (C=O) groups excluding carboxylic acids is 3. The minimum absolute atomic E-state index is 0. The molecule has 5 rings (SSSR count). The van der Waals surface area contributed by atoms with Crippen molar-refractivity contribution >= 4 is 51.0 Å². The molecule has 53 heavy (non-hydrogen) atoms. The molecule has 5 aromatic rings. The van der Waals surface area contributed by atoms with Crippen LogP contribution in [0.1, 0.15) is 23.2 Å². The van der Waals surface area contributed by atoms with E-state index in [0.29, 0.717) is 36.8 Å². The molecule has 0 unspecified atom stereocenters. The smallest absolute Gasteiger partial charge is 0.338 e. The Labute approximate surface area is 314 Å². The highest BCUT2D eigenvalue weighted by Gasteiger charge is 2.23. The minimum Gasteiger partial charge on any atom is -1.00 e. The van der Waals surface area contributed by atoms with Gasteiger partial charge >= 0.3 is 11.9 Å². The van der Waals surface area contributed by atoms with Gasteiger partial charge in [0.1, 0.15) is 30.8 Å². The van der Waals surface area contributed by atoms with Crippen molar-refractivity contribution in [2.75, 3.05) is 31.7 Å². The van der Waals surface area contributed by atoms with Gasteiger partial charge in [0.25, 0.3) is 5.91 Å². The van der Waals surface area contributed by atoms with Crippen LogP contribution in [0.2, 0.25) is 0 Å². The van der Waals surface area contributed by atoms with Crippen molar-refractivity contribution in [3.05, 3.63) is 128 Å². The highest BCUT2D eigenvalue weighted by atomic mass is 35.5. The van der Waals surface area contributed by atoms with E-state index in [-0.39, 0.29) is 43.6 Å². The standard InChI is InChI=1S/C41H41N5O6.ClH/c1-3-23-50-34-20-18-27-11-5-7-15-31(27)37(34)38-32-16-8-6-12-28(32)19-21-35(38)52-26-36(47)46-33(17-10-22-44-41(42)43)39(48)45-30-14-9-13-29(25-30)40(49)51-24-4-2;/h3-9,11-16,18-21,25,33H,1-2,10,17,22-24,26H2,(H,45,48)(H,46,47)(H4,42,43,44);1H/t33-;/m1./s1.